The fraction of sp³-hybridized carbons (Fsp3) is 0.250. The highest BCUT2D eigenvalue weighted by molar-refractivity contribution is 5.83. The number of ether oxygens (including phenoxy) is 1. The third-order valence-corrected chi connectivity index (χ3v) is 5.98. The van der Waals surface area contributed by atoms with Crippen LogP contribution in [-0.4, -0.2) is 6.54 Å². The van der Waals surface area contributed by atoms with Gasteiger partial charge in [-0.05, 0) is 50.1 Å². The topological polar surface area (TPSA) is 66.9 Å². The van der Waals surface area contributed by atoms with Crippen LogP contribution in [0.3, 0.4) is 0 Å². The molecule has 0 saturated heterocycles. The molecule has 0 amide bonds. The molecule has 0 aliphatic heterocycles. The molecule has 0 radical (unpaired) electrons. The highest BCUT2D eigenvalue weighted by atomic mass is 19.4. The molecule has 3 aromatic carbocycles. The summed E-state index contributed by atoms with van der Waals surface area (Å²) in [6.45, 7) is 6.71. The van der Waals surface area contributed by atoms with Gasteiger partial charge in [-0.25, -0.2) is 0 Å². The molecule has 4 rings (SSSR count). The van der Waals surface area contributed by atoms with E-state index in [0.717, 1.165) is 21.6 Å². The van der Waals surface area contributed by atoms with Crippen LogP contribution >= 0.6 is 0 Å². The van der Waals surface area contributed by atoms with Crippen LogP contribution in [0.5, 0.6) is 17.2 Å². The molecule has 1 aromatic heterocycles. The van der Waals surface area contributed by atoms with E-state index < -0.39 is 28.9 Å². The minimum Gasteiger partial charge on any atom is -0.872 e. The van der Waals surface area contributed by atoms with Crippen LogP contribution in [0.1, 0.15) is 34.9 Å². The van der Waals surface area contributed by atoms with Gasteiger partial charge < -0.3 is 19.2 Å². The number of fused-ring (bicyclic) bond motifs is 1. The maximum absolute atomic E-state index is 14.1. The van der Waals surface area contributed by atoms with Gasteiger partial charge in [0, 0.05) is 11.1 Å². The van der Waals surface area contributed by atoms with E-state index in [1.165, 1.54) is 24.3 Å². The van der Waals surface area contributed by atoms with E-state index >= 15 is 0 Å². The van der Waals surface area contributed by atoms with E-state index in [1.807, 2.05) is 43.3 Å². The van der Waals surface area contributed by atoms with Crippen molar-refractivity contribution in [3.63, 3.8) is 0 Å². The molecule has 0 aliphatic rings. The van der Waals surface area contributed by atoms with Gasteiger partial charge in [-0.2, -0.15) is 13.2 Å². The first-order valence-corrected chi connectivity index (χ1v) is 11.6. The maximum atomic E-state index is 14.1. The molecule has 0 aliphatic carbocycles. The Morgan fingerprint density at radius 2 is 1.64 bits per heavy atom. The van der Waals surface area contributed by atoms with Crippen molar-refractivity contribution < 1.29 is 32.3 Å². The standard InChI is InChI=1S/C28H26F3NO4/c1-4-32(15-19-8-6-5-7-9-19)16-22-23(33)11-10-21-24(34)26(27(28(29,30)31)36-25(21)22)35-20-13-17(2)12-18(3)14-20/h5-14,33H,4,15-16H2,1-3H3. The van der Waals surface area contributed by atoms with E-state index in [9.17, 15) is 23.1 Å². The number of alkyl halides is 3. The lowest BCUT2D eigenvalue weighted by Crippen LogP contribution is -3.09. The Bertz CT molecular complexity index is 1430. The summed E-state index contributed by atoms with van der Waals surface area (Å²) in [5.41, 5.74) is 1.24. The Morgan fingerprint density at radius 3 is 2.25 bits per heavy atom. The Kier molecular flexibility index (Phi) is 7.08. The number of quaternary nitrogens is 1. The molecular weight excluding hydrogens is 471 g/mol. The van der Waals surface area contributed by atoms with Gasteiger partial charge >= 0.3 is 6.18 Å². The number of hydrogen-bond acceptors (Lipinski definition) is 4. The number of nitrogens with one attached hydrogen (secondary N) is 1. The summed E-state index contributed by atoms with van der Waals surface area (Å²) in [5.74, 6) is -2.91. The molecule has 1 atom stereocenters. The van der Waals surface area contributed by atoms with Gasteiger partial charge in [0.05, 0.1) is 11.9 Å². The van der Waals surface area contributed by atoms with Gasteiger partial charge in [-0.1, -0.05) is 48.2 Å². The first-order chi connectivity index (χ1) is 17.1. The van der Waals surface area contributed by atoms with Gasteiger partial charge in [0.1, 0.15) is 24.4 Å². The molecule has 188 valence electrons. The minimum atomic E-state index is -5.01. The number of halogens is 3. The second kappa shape index (κ2) is 10.1. The summed E-state index contributed by atoms with van der Waals surface area (Å²) in [6.07, 6.45) is -5.01. The Morgan fingerprint density at radius 1 is 0.972 bits per heavy atom. The molecule has 0 bridgehead atoms. The van der Waals surface area contributed by atoms with E-state index in [2.05, 4.69) is 0 Å². The van der Waals surface area contributed by atoms with Crippen molar-refractivity contribution in [2.75, 3.05) is 6.54 Å². The molecule has 0 saturated carbocycles. The molecule has 1 unspecified atom stereocenters. The normalized spacial score (nSPS) is 12.6. The van der Waals surface area contributed by atoms with Crippen LogP contribution in [-0.2, 0) is 19.3 Å². The summed E-state index contributed by atoms with van der Waals surface area (Å²) in [4.78, 5) is 14.2. The summed E-state index contributed by atoms with van der Waals surface area (Å²) in [5, 5.41) is 12.6. The number of aryl methyl sites for hydroxylation is 2. The number of rotatable bonds is 7. The van der Waals surface area contributed by atoms with Gasteiger partial charge in [0.25, 0.3) is 5.76 Å². The van der Waals surface area contributed by atoms with E-state index in [0.29, 0.717) is 13.1 Å². The maximum Gasteiger partial charge on any atom is 0.453 e. The van der Waals surface area contributed by atoms with Crippen molar-refractivity contribution in [2.24, 2.45) is 0 Å². The predicted molar refractivity (Wildman–Crippen MR) is 128 cm³/mol. The minimum absolute atomic E-state index is 0.0285. The number of benzene rings is 3. The van der Waals surface area contributed by atoms with Crippen molar-refractivity contribution in [3.05, 3.63) is 98.9 Å². The van der Waals surface area contributed by atoms with Crippen LogP contribution in [0.4, 0.5) is 13.2 Å². The van der Waals surface area contributed by atoms with Gasteiger partial charge in [-0.15, -0.1) is 0 Å². The Balaban J connectivity index is 1.84. The van der Waals surface area contributed by atoms with Crippen LogP contribution in [0, 0.1) is 13.8 Å². The van der Waals surface area contributed by atoms with Gasteiger partial charge in [-0.3, -0.25) is 4.79 Å². The average Bonchev–Trinajstić information content (AvgIpc) is 2.81. The average molecular weight is 498 g/mol. The van der Waals surface area contributed by atoms with Crippen molar-refractivity contribution in [2.45, 2.75) is 40.0 Å². The lowest BCUT2D eigenvalue weighted by Gasteiger charge is -2.23. The first kappa shape index (κ1) is 25.3. The molecule has 0 spiro atoms. The van der Waals surface area contributed by atoms with E-state index in [-0.39, 0.29) is 28.8 Å². The summed E-state index contributed by atoms with van der Waals surface area (Å²) < 4.78 is 53.0. The van der Waals surface area contributed by atoms with Crippen molar-refractivity contribution in [1.82, 2.24) is 0 Å². The zero-order valence-electron chi connectivity index (χ0n) is 20.2. The summed E-state index contributed by atoms with van der Waals surface area (Å²) in [7, 11) is 0. The lowest BCUT2D eigenvalue weighted by molar-refractivity contribution is -0.925. The van der Waals surface area contributed by atoms with E-state index in [1.54, 1.807) is 13.8 Å². The first-order valence-electron chi connectivity index (χ1n) is 11.6. The highest BCUT2D eigenvalue weighted by Gasteiger charge is 2.41. The predicted octanol–water partition coefficient (Wildman–Crippen LogP) is 4.90. The molecule has 8 heteroatoms. The smallest absolute Gasteiger partial charge is 0.453 e. The largest absolute Gasteiger partial charge is 0.872 e. The summed E-state index contributed by atoms with van der Waals surface area (Å²) >= 11 is 0. The molecule has 36 heavy (non-hydrogen) atoms. The third-order valence-electron chi connectivity index (χ3n) is 5.98. The fourth-order valence-corrected chi connectivity index (χ4v) is 4.28. The van der Waals surface area contributed by atoms with Crippen LogP contribution in [0.15, 0.2) is 69.9 Å². The SMILES string of the molecule is CC[NH+](Cc1ccccc1)Cc1c([O-])ccc2c(=O)c(Oc3cc(C)cc(C)c3)c(C(F)(F)F)oc12. The van der Waals surface area contributed by atoms with Gasteiger partial charge in [0.2, 0.25) is 11.2 Å². The highest BCUT2D eigenvalue weighted by Crippen LogP contribution is 2.39. The second-order valence-corrected chi connectivity index (χ2v) is 8.87. The lowest BCUT2D eigenvalue weighted by atomic mass is 10.1. The number of hydrogen-bond donors (Lipinski definition) is 1. The molecule has 1 N–H and O–H groups in total. The zero-order chi connectivity index (χ0) is 26.0. The third kappa shape index (κ3) is 5.39. The van der Waals surface area contributed by atoms with Gasteiger partial charge in [0.15, 0.2) is 0 Å². The molecule has 5 nitrogen and oxygen atoms in total. The fourth-order valence-electron chi connectivity index (χ4n) is 4.28. The zero-order valence-corrected chi connectivity index (χ0v) is 20.2. The Hall–Kier alpha value is -3.78. The molecule has 0 fully saturated rings. The van der Waals surface area contributed by atoms with Crippen molar-refractivity contribution in [1.29, 1.82) is 0 Å². The van der Waals surface area contributed by atoms with Crippen molar-refractivity contribution >= 4 is 11.0 Å². The summed E-state index contributed by atoms with van der Waals surface area (Å²) in [6, 6.07) is 16.9. The van der Waals surface area contributed by atoms with Crippen LogP contribution < -0.4 is 20.2 Å². The monoisotopic (exact) mass is 497 g/mol. The second-order valence-electron chi connectivity index (χ2n) is 8.87. The van der Waals surface area contributed by atoms with Crippen LogP contribution in [0.25, 0.3) is 11.0 Å². The molecule has 1 heterocycles. The quantitative estimate of drug-likeness (QED) is 0.395. The molecule has 4 aromatic rings. The van der Waals surface area contributed by atoms with Crippen LogP contribution in [0.2, 0.25) is 0 Å². The molecular formula is C28H26F3NO4. The van der Waals surface area contributed by atoms with Crippen molar-refractivity contribution in [3.8, 4) is 17.2 Å². The van der Waals surface area contributed by atoms with E-state index in [4.69, 9.17) is 9.15 Å². The Labute approximate surface area is 206 Å².